The lowest BCUT2D eigenvalue weighted by Gasteiger charge is -2.40. The number of hydrogen-bond acceptors (Lipinski definition) is 1. The first-order valence-corrected chi connectivity index (χ1v) is 10.3. The van der Waals surface area contributed by atoms with Gasteiger partial charge in [0, 0.05) is 23.2 Å². The number of amides is 1. The Morgan fingerprint density at radius 3 is 2.11 bits per heavy atom. The predicted molar refractivity (Wildman–Crippen MR) is 113 cm³/mol. The van der Waals surface area contributed by atoms with Crippen LogP contribution in [0.5, 0.6) is 0 Å². The molecule has 0 N–H and O–H groups in total. The van der Waals surface area contributed by atoms with Crippen LogP contribution in [0.3, 0.4) is 0 Å². The molecule has 2 aromatic carbocycles. The summed E-state index contributed by atoms with van der Waals surface area (Å²) in [6.45, 7) is 7.37. The first-order chi connectivity index (χ1) is 12.8. The van der Waals surface area contributed by atoms with E-state index in [-0.39, 0.29) is 11.3 Å². The monoisotopic (exact) mass is 383 g/mol. The molecular weight excluding hydrogens is 354 g/mol. The minimum absolute atomic E-state index is 0.0678. The van der Waals surface area contributed by atoms with Gasteiger partial charge in [-0.2, -0.15) is 0 Å². The van der Waals surface area contributed by atoms with Crippen LogP contribution in [0, 0.1) is 5.41 Å². The first kappa shape index (κ1) is 19.9. The standard InChI is InChI=1S/C24H30ClNO/c1-24(2,3)17-26(23(27)20-9-13-21(25)14-10-20)22-15-11-19(12-16-22)18-7-5-4-6-8-18/h4-10,13-14,19,22H,11-12,15-17H2,1-3H3/t19-,22-. The van der Waals surface area contributed by atoms with Crippen molar-refractivity contribution in [1.29, 1.82) is 0 Å². The first-order valence-electron chi connectivity index (χ1n) is 9.95. The van der Waals surface area contributed by atoms with E-state index in [0.717, 1.165) is 37.8 Å². The molecule has 0 bridgehead atoms. The molecule has 0 radical (unpaired) electrons. The fourth-order valence-corrected chi connectivity index (χ4v) is 4.21. The second kappa shape index (κ2) is 8.48. The molecule has 3 heteroatoms. The highest BCUT2D eigenvalue weighted by Crippen LogP contribution is 2.36. The van der Waals surface area contributed by atoms with Gasteiger partial charge in [0.15, 0.2) is 0 Å². The summed E-state index contributed by atoms with van der Waals surface area (Å²) in [5.74, 6) is 0.745. The summed E-state index contributed by atoms with van der Waals surface area (Å²) < 4.78 is 0. The van der Waals surface area contributed by atoms with Crippen molar-refractivity contribution in [3.05, 3.63) is 70.7 Å². The topological polar surface area (TPSA) is 20.3 Å². The maximum Gasteiger partial charge on any atom is 0.254 e. The van der Waals surface area contributed by atoms with Crippen molar-refractivity contribution in [3.63, 3.8) is 0 Å². The molecule has 1 aliphatic rings. The normalized spacial score (nSPS) is 20.3. The van der Waals surface area contributed by atoms with Gasteiger partial charge in [-0.3, -0.25) is 4.79 Å². The average Bonchev–Trinajstić information content (AvgIpc) is 2.66. The van der Waals surface area contributed by atoms with Gasteiger partial charge in [0.1, 0.15) is 0 Å². The average molecular weight is 384 g/mol. The number of halogens is 1. The molecule has 0 spiro atoms. The maximum absolute atomic E-state index is 13.3. The molecule has 0 atom stereocenters. The molecule has 2 aromatic rings. The van der Waals surface area contributed by atoms with E-state index in [2.05, 4.69) is 56.0 Å². The molecule has 2 nitrogen and oxygen atoms in total. The van der Waals surface area contributed by atoms with Gasteiger partial charge in [-0.05, 0) is 66.8 Å². The molecule has 27 heavy (non-hydrogen) atoms. The summed E-state index contributed by atoms with van der Waals surface area (Å²) in [5.41, 5.74) is 2.23. The zero-order valence-corrected chi connectivity index (χ0v) is 17.4. The fraction of sp³-hybridized carbons (Fsp3) is 0.458. The number of hydrogen-bond donors (Lipinski definition) is 0. The van der Waals surface area contributed by atoms with E-state index in [1.807, 2.05) is 12.1 Å². The number of carbonyl (C=O) groups excluding carboxylic acids is 1. The van der Waals surface area contributed by atoms with Gasteiger partial charge in [0.25, 0.3) is 5.91 Å². The largest absolute Gasteiger partial charge is 0.335 e. The quantitative estimate of drug-likeness (QED) is 0.585. The van der Waals surface area contributed by atoms with Crippen LogP contribution >= 0.6 is 11.6 Å². The summed E-state index contributed by atoms with van der Waals surface area (Å²) in [5, 5.41) is 0.664. The van der Waals surface area contributed by atoms with Crippen molar-refractivity contribution in [2.75, 3.05) is 6.54 Å². The van der Waals surface area contributed by atoms with Crippen LogP contribution in [0.15, 0.2) is 54.6 Å². The third-order valence-corrected chi connectivity index (χ3v) is 5.66. The van der Waals surface area contributed by atoms with Crippen LogP contribution in [0.4, 0.5) is 0 Å². The molecule has 0 saturated heterocycles. The Morgan fingerprint density at radius 1 is 0.963 bits per heavy atom. The summed E-state index contributed by atoms with van der Waals surface area (Å²) in [6.07, 6.45) is 4.41. The lowest BCUT2D eigenvalue weighted by molar-refractivity contribution is 0.0534. The van der Waals surface area contributed by atoms with Crippen molar-refractivity contribution in [1.82, 2.24) is 4.90 Å². The summed E-state index contributed by atoms with van der Waals surface area (Å²) in [6, 6.07) is 18.4. The van der Waals surface area contributed by atoms with E-state index < -0.39 is 0 Å². The third kappa shape index (κ3) is 5.35. The Labute approximate surface area is 168 Å². The summed E-state index contributed by atoms with van der Waals surface area (Å²) >= 11 is 6.00. The molecule has 0 aliphatic heterocycles. The molecule has 3 rings (SSSR count). The number of benzene rings is 2. The highest BCUT2D eigenvalue weighted by molar-refractivity contribution is 6.30. The molecule has 1 fully saturated rings. The minimum Gasteiger partial charge on any atom is -0.335 e. The van der Waals surface area contributed by atoms with Crippen LogP contribution in [-0.2, 0) is 0 Å². The fourth-order valence-electron chi connectivity index (χ4n) is 4.08. The van der Waals surface area contributed by atoms with E-state index in [4.69, 9.17) is 11.6 Å². The lowest BCUT2D eigenvalue weighted by atomic mass is 9.80. The molecular formula is C24H30ClNO. The second-order valence-electron chi connectivity index (χ2n) is 8.92. The highest BCUT2D eigenvalue weighted by atomic mass is 35.5. The Bertz CT molecular complexity index is 740. The van der Waals surface area contributed by atoms with Crippen molar-refractivity contribution < 1.29 is 4.79 Å². The maximum atomic E-state index is 13.3. The van der Waals surface area contributed by atoms with E-state index in [0.29, 0.717) is 17.0 Å². The van der Waals surface area contributed by atoms with Gasteiger partial charge < -0.3 is 4.90 Å². The van der Waals surface area contributed by atoms with Gasteiger partial charge in [0.2, 0.25) is 0 Å². The van der Waals surface area contributed by atoms with Crippen LogP contribution in [0.25, 0.3) is 0 Å². The Morgan fingerprint density at radius 2 is 1.56 bits per heavy atom. The van der Waals surface area contributed by atoms with Crippen molar-refractivity contribution in [2.45, 2.75) is 58.4 Å². The van der Waals surface area contributed by atoms with Crippen molar-refractivity contribution in [3.8, 4) is 0 Å². The molecule has 1 saturated carbocycles. The third-order valence-electron chi connectivity index (χ3n) is 5.41. The predicted octanol–water partition coefficient (Wildman–Crippen LogP) is 6.55. The molecule has 0 unspecified atom stereocenters. The van der Waals surface area contributed by atoms with E-state index >= 15 is 0 Å². The van der Waals surface area contributed by atoms with E-state index in [1.54, 1.807) is 12.1 Å². The molecule has 0 heterocycles. The van der Waals surface area contributed by atoms with Gasteiger partial charge in [-0.15, -0.1) is 0 Å². The number of nitrogens with zero attached hydrogens (tertiary/aromatic N) is 1. The lowest BCUT2D eigenvalue weighted by Crippen LogP contribution is -2.46. The zero-order chi connectivity index (χ0) is 19.4. The molecule has 0 aromatic heterocycles. The van der Waals surface area contributed by atoms with Crippen LogP contribution in [0.2, 0.25) is 5.02 Å². The minimum atomic E-state index is 0.0678. The van der Waals surface area contributed by atoms with Crippen molar-refractivity contribution >= 4 is 17.5 Å². The Balaban J connectivity index is 1.74. The SMILES string of the molecule is CC(C)(C)CN(C(=O)c1ccc(Cl)cc1)[C@H]1CC[C@H](c2ccccc2)CC1. The smallest absolute Gasteiger partial charge is 0.254 e. The second-order valence-corrected chi connectivity index (χ2v) is 9.35. The van der Waals surface area contributed by atoms with Crippen LogP contribution < -0.4 is 0 Å². The zero-order valence-electron chi connectivity index (χ0n) is 16.6. The molecule has 1 amide bonds. The van der Waals surface area contributed by atoms with Crippen LogP contribution in [-0.4, -0.2) is 23.4 Å². The van der Waals surface area contributed by atoms with E-state index in [9.17, 15) is 4.79 Å². The Hall–Kier alpha value is -1.80. The van der Waals surface area contributed by atoms with Gasteiger partial charge in [-0.25, -0.2) is 0 Å². The van der Waals surface area contributed by atoms with Crippen molar-refractivity contribution in [2.24, 2.45) is 5.41 Å². The van der Waals surface area contributed by atoms with Gasteiger partial charge >= 0.3 is 0 Å². The Kier molecular flexibility index (Phi) is 6.26. The molecule has 1 aliphatic carbocycles. The summed E-state index contributed by atoms with van der Waals surface area (Å²) in [7, 11) is 0. The summed E-state index contributed by atoms with van der Waals surface area (Å²) in [4.78, 5) is 15.4. The number of carbonyl (C=O) groups is 1. The molecule has 144 valence electrons. The number of rotatable bonds is 4. The van der Waals surface area contributed by atoms with E-state index in [1.165, 1.54) is 5.56 Å². The van der Waals surface area contributed by atoms with Gasteiger partial charge in [0.05, 0.1) is 0 Å². The van der Waals surface area contributed by atoms with Crippen LogP contribution in [0.1, 0.15) is 68.3 Å². The van der Waals surface area contributed by atoms with Gasteiger partial charge in [-0.1, -0.05) is 62.7 Å². The highest BCUT2D eigenvalue weighted by Gasteiger charge is 2.32.